The normalized spacial score (nSPS) is 9.40. The lowest BCUT2D eigenvalue weighted by molar-refractivity contribution is 0.859. The third kappa shape index (κ3) is 1.19. The van der Waals surface area contributed by atoms with Gasteiger partial charge in [-0.15, -0.1) is 15.3 Å². The molecule has 0 spiro atoms. The zero-order valence-electron chi connectivity index (χ0n) is 4.49. The van der Waals surface area contributed by atoms with Gasteiger partial charge >= 0.3 is 0 Å². The first kappa shape index (κ1) is 7.30. The molecule has 0 fully saturated rings. The summed E-state index contributed by atoms with van der Waals surface area (Å²) in [7, 11) is 0. The quantitative estimate of drug-likeness (QED) is 0.601. The van der Waals surface area contributed by atoms with Crippen LogP contribution >= 0.6 is 23.2 Å². The molecule has 0 N–H and O–H groups in total. The third-order valence-electron chi connectivity index (χ3n) is 0.744. The van der Waals surface area contributed by atoms with E-state index < -0.39 is 0 Å². The molecule has 5 nitrogen and oxygen atoms in total. The van der Waals surface area contributed by atoms with Gasteiger partial charge in [0.15, 0.2) is 5.15 Å². The van der Waals surface area contributed by atoms with Crippen molar-refractivity contribution in [2.45, 2.75) is 0 Å². The van der Waals surface area contributed by atoms with Crippen LogP contribution in [-0.4, -0.2) is 15.4 Å². The van der Waals surface area contributed by atoms with Gasteiger partial charge in [0, 0.05) is 0 Å². The summed E-state index contributed by atoms with van der Waals surface area (Å²) in [5.41, 5.74) is 8.19. The Bertz CT molecular complexity index is 261. The van der Waals surface area contributed by atoms with Crippen LogP contribution < -0.4 is 5.53 Å². The molecule has 7 heteroatoms. The Kier molecular flexibility index (Phi) is 2.08. The van der Waals surface area contributed by atoms with Crippen LogP contribution in [0.5, 0.6) is 0 Å². The first-order valence-corrected chi connectivity index (χ1v) is 2.90. The zero-order chi connectivity index (χ0) is 7.56. The van der Waals surface area contributed by atoms with Crippen LogP contribution in [0.3, 0.4) is 0 Å². The van der Waals surface area contributed by atoms with Crippen LogP contribution in [-0.2, 0) is 0 Å². The van der Waals surface area contributed by atoms with E-state index in [1.807, 2.05) is 0 Å². The number of rotatable bonds is 1. The minimum absolute atomic E-state index is 0.0147. The largest absolute Gasteiger partial charge is 0.221 e. The second-order valence-electron chi connectivity index (χ2n) is 1.32. The van der Waals surface area contributed by atoms with Gasteiger partial charge in [0.1, 0.15) is 5.02 Å². The van der Waals surface area contributed by atoms with Crippen molar-refractivity contribution < 1.29 is 0 Å². The second kappa shape index (κ2) is 2.85. The lowest BCUT2D eigenvalue weighted by Gasteiger charge is -1.91. The summed E-state index contributed by atoms with van der Waals surface area (Å²) < 4.78 is 0. The fraction of sp³-hybridized carbons (Fsp3) is 0. The standard InChI is InChI=1S/C3Cl2N5/c4-1-2(5)8-10-9-3(1)7-6. The summed E-state index contributed by atoms with van der Waals surface area (Å²) in [6, 6.07) is 0. The molecule has 1 rings (SSSR count). The maximum Gasteiger partial charge on any atom is 0.221 e. The van der Waals surface area contributed by atoms with Crippen LogP contribution in [0.15, 0.2) is 5.11 Å². The Morgan fingerprint density at radius 2 is 2.00 bits per heavy atom. The van der Waals surface area contributed by atoms with E-state index in [4.69, 9.17) is 28.7 Å². The van der Waals surface area contributed by atoms with Crippen molar-refractivity contribution in [2.24, 2.45) is 5.11 Å². The van der Waals surface area contributed by atoms with Gasteiger partial charge in [-0.25, -0.2) is 0 Å². The van der Waals surface area contributed by atoms with Crippen LogP contribution in [0.2, 0.25) is 10.2 Å². The fourth-order valence-electron chi connectivity index (χ4n) is 0.348. The van der Waals surface area contributed by atoms with Gasteiger partial charge in [-0.05, 0) is 10.7 Å². The maximum atomic E-state index is 8.19. The molecule has 0 amide bonds. The van der Waals surface area contributed by atoms with Gasteiger partial charge in [0.2, 0.25) is 5.82 Å². The van der Waals surface area contributed by atoms with E-state index in [9.17, 15) is 0 Å². The number of nitrogens with zero attached hydrogens (tertiary/aromatic N) is 5. The highest BCUT2D eigenvalue weighted by Gasteiger charge is 2.06. The highest BCUT2D eigenvalue weighted by Crippen LogP contribution is 2.25. The maximum absolute atomic E-state index is 8.19. The van der Waals surface area contributed by atoms with Crippen molar-refractivity contribution in [1.29, 1.82) is 0 Å². The van der Waals surface area contributed by atoms with Crippen molar-refractivity contribution in [3.63, 3.8) is 0 Å². The minimum atomic E-state index is -0.137. The number of hydrogen-bond donors (Lipinski definition) is 0. The Labute approximate surface area is 65.9 Å². The lowest BCUT2D eigenvalue weighted by Crippen LogP contribution is -1.87. The smallest absolute Gasteiger partial charge is 0.116 e. The van der Waals surface area contributed by atoms with Gasteiger partial charge in [-0.2, -0.15) is 0 Å². The Hall–Kier alpha value is -0.810. The number of hydrogen-bond acceptors (Lipinski definition) is 4. The SMILES string of the molecule is [N]=Nc1nnnc(Cl)c1Cl. The average Bonchev–Trinajstić information content (AvgIpc) is 1.95. The summed E-state index contributed by atoms with van der Waals surface area (Å²) in [6.07, 6.45) is 0. The first-order chi connectivity index (χ1) is 4.75. The molecular formula is C3Cl2N5. The van der Waals surface area contributed by atoms with Crippen molar-refractivity contribution in [3.8, 4) is 0 Å². The van der Waals surface area contributed by atoms with Gasteiger partial charge in [0.25, 0.3) is 0 Å². The van der Waals surface area contributed by atoms with Crippen molar-refractivity contribution in [2.75, 3.05) is 0 Å². The molecule has 0 bridgehead atoms. The fourth-order valence-corrected chi connectivity index (χ4v) is 0.580. The zero-order valence-corrected chi connectivity index (χ0v) is 6.00. The molecule has 0 saturated heterocycles. The lowest BCUT2D eigenvalue weighted by atomic mass is 10.6. The molecule has 0 aliphatic carbocycles. The highest BCUT2D eigenvalue weighted by molar-refractivity contribution is 6.42. The first-order valence-electron chi connectivity index (χ1n) is 2.15. The summed E-state index contributed by atoms with van der Waals surface area (Å²) in [5, 5.41) is 12.3. The van der Waals surface area contributed by atoms with Gasteiger partial charge < -0.3 is 0 Å². The molecule has 51 valence electrons. The van der Waals surface area contributed by atoms with Crippen LogP contribution in [0, 0.1) is 0 Å². The summed E-state index contributed by atoms with van der Waals surface area (Å²) in [4.78, 5) is 0. The van der Waals surface area contributed by atoms with E-state index in [-0.39, 0.29) is 16.0 Å². The monoisotopic (exact) mass is 176 g/mol. The molecule has 0 aliphatic rings. The minimum Gasteiger partial charge on any atom is -0.116 e. The average molecular weight is 177 g/mol. The van der Waals surface area contributed by atoms with Gasteiger partial charge in [-0.3, -0.25) is 0 Å². The molecule has 0 atom stereocenters. The molecule has 0 aliphatic heterocycles. The van der Waals surface area contributed by atoms with Gasteiger partial charge in [0.05, 0.1) is 0 Å². The summed E-state index contributed by atoms with van der Waals surface area (Å²) in [6.45, 7) is 0. The highest BCUT2D eigenvalue weighted by atomic mass is 35.5. The summed E-state index contributed by atoms with van der Waals surface area (Å²) in [5.74, 6) is -0.137. The van der Waals surface area contributed by atoms with Crippen molar-refractivity contribution in [3.05, 3.63) is 10.2 Å². The topological polar surface area (TPSA) is 73.3 Å². The Morgan fingerprint density at radius 3 is 2.50 bits per heavy atom. The number of aromatic nitrogens is 3. The van der Waals surface area contributed by atoms with Crippen LogP contribution in [0.1, 0.15) is 0 Å². The molecule has 1 heterocycles. The summed E-state index contributed by atoms with van der Waals surface area (Å²) >= 11 is 10.8. The Morgan fingerprint density at radius 1 is 1.30 bits per heavy atom. The van der Waals surface area contributed by atoms with Crippen molar-refractivity contribution >= 4 is 29.0 Å². The van der Waals surface area contributed by atoms with E-state index in [0.29, 0.717) is 0 Å². The molecule has 1 aromatic heterocycles. The van der Waals surface area contributed by atoms with E-state index in [1.165, 1.54) is 0 Å². The molecule has 10 heavy (non-hydrogen) atoms. The molecule has 0 unspecified atom stereocenters. The van der Waals surface area contributed by atoms with Crippen LogP contribution in [0.25, 0.3) is 0 Å². The van der Waals surface area contributed by atoms with Crippen molar-refractivity contribution in [1.82, 2.24) is 20.9 Å². The van der Waals surface area contributed by atoms with E-state index in [1.54, 1.807) is 0 Å². The van der Waals surface area contributed by atoms with Crippen LogP contribution in [0.4, 0.5) is 5.82 Å². The predicted molar refractivity (Wildman–Crippen MR) is 34.1 cm³/mol. The van der Waals surface area contributed by atoms with E-state index >= 15 is 0 Å². The number of halogens is 2. The van der Waals surface area contributed by atoms with E-state index in [2.05, 4.69) is 20.5 Å². The third-order valence-corrected chi connectivity index (χ3v) is 1.45. The predicted octanol–water partition coefficient (Wildman–Crippen LogP) is 1.06. The molecule has 0 aromatic carbocycles. The Balaban J connectivity index is 3.27. The van der Waals surface area contributed by atoms with Gasteiger partial charge in [-0.1, -0.05) is 23.2 Å². The molecular weight excluding hydrogens is 177 g/mol. The second-order valence-corrected chi connectivity index (χ2v) is 2.05. The van der Waals surface area contributed by atoms with E-state index in [0.717, 1.165) is 0 Å². The molecule has 1 aromatic rings. The molecule has 0 saturated carbocycles. The molecule has 1 radical (unpaired) electrons.